The largest absolute Gasteiger partial charge is 0.192 e. The van der Waals surface area contributed by atoms with Gasteiger partial charge >= 0.3 is 0 Å². The maximum absolute atomic E-state index is 9.44. The molecule has 1 saturated carbocycles. The molecular formula is C22H25N3S. The molecule has 1 aromatic heterocycles. The summed E-state index contributed by atoms with van der Waals surface area (Å²) in [6.07, 6.45) is 13.4. The number of allylic oxidation sites excluding steroid dienone is 4. The molecular weight excluding hydrogens is 338 g/mol. The molecule has 0 saturated heterocycles. The highest BCUT2D eigenvalue weighted by Crippen LogP contribution is 2.27. The third-order valence-corrected chi connectivity index (χ3v) is 5.57. The number of nitrogens with zero attached hydrogens (tertiary/aromatic N) is 3. The topological polar surface area (TPSA) is 49.6 Å². The minimum Gasteiger partial charge on any atom is -0.192 e. The molecule has 134 valence electrons. The van der Waals surface area contributed by atoms with Crippen molar-refractivity contribution < 1.29 is 0 Å². The van der Waals surface area contributed by atoms with Gasteiger partial charge in [0.25, 0.3) is 0 Å². The van der Waals surface area contributed by atoms with E-state index in [4.69, 9.17) is 0 Å². The van der Waals surface area contributed by atoms with E-state index in [1.807, 2.05) is 6.07 Å². The summed E-state index contributed by atoms with van der Waals surface area (Å²) in [6.45, 7) is 4.34. The molecule has 26 heavy (non-hydrogen) atoms. The number of rotatable bonds is 6. The van der Waals surface area contributed by atoms with Crippen molar-refractivity contribution in [1.29, 1.82) is 5.26 Å². The van der Waals surface area contributed by atoms with Gasteiger partial charge in [-0.25, -0.2) is 0 Å². The van der Waals surface area contributed by atoms with E-state index in [0.717, 1.165) is 39.5 Å². The highest BCUT2D eigenvalue weighted by Gasteiger charge is 2.10. The van der Waals surface area contributed by atoms with E-state index in [1.54, 1.807) is 16.9 Å². The van der Waals surface area contributed by atoms with Crippen LogP contribution in [-0.4, -0.2) is 10.2 Å². The van der Waals surface area contributed by atoms with E-state index < -0.39 is 0 Å². The Balaban J connectivity index is 1.68. The fourth-order valence-corrected chi connectivity index (χ4v) is 4.06. The van der Waals surface area contributed by atoms with Gasteiger partial charge in [0.2, 0.25) is 0 Å². The molecule has 1 aliphatic rings. The smallest absolute Gasteiger partial charge is 0.147 e. The van der Waals surface area contributed by atoms with Crippen LogP contribution in [0.1, 0.15) is 55.7 Å². The van der Waals surface area contributed by atoms with Crippen molar-refractivity contribution in [2.24, 2.45) is 5.92 Å². The van der Waals surface area contributed by atoms with E-state index in [0.29, 0.717) is 5.92 Å². The molecule has 1 fully saturated rings. The van der Waals surface area contributed by atoms with Crippen molar-refractivity contribution in [3.05, 3.63) is 58.1 Å². The first-order chi connectivity index (χ1) is 12.7. The van der Waals surface area contributed by atoms with Crippen molar-refractivity contribution in [2.75, 3.05) is 0 Å². The molecule has 3 rings (SSSR count). The lowest BCUT2D eigenvalue weighted by Gasteiger charge is -2.07. The summed E-state index contributed by atoms with van der Waals surface area (Å²) in [4.78, 5) is 0. The van der Waals surface area contributed by atoms with Gasteiger partial charge < -0.3 is 0 Å². The first-order valence-corrected chi connectivity index (χ1v) is 10.2. The third-order valence-electron chi connectivity index (χ3n) is 4.58. The van der Waals surface area contributed by atoms with E-state index in [1.165, 1.54) is 25.7 Å². The predicted octanol–water partition coefficient (Wildman–Crippen LogP) is 5.87. The van der Waals surface area contributed by atoms with Gasteiger partial charge in [-0.1, -0.05) is 61.1 Å². The Morgan fingerprint density at radius 3 is 2.77 bits per heavy atom. The maximum Gasteiger partial charge on any atom is 0.147 e. The zero-order valence-corrected chi connectivity index (χ0v) is 16.4. The van der Waals surface area contributed by atoms with Crippen LogP contribution in [0.15, 0.2) is 42.0 Å². The van der Waals surface area contributed by atoms with E-state index in [9.17, 15) is 5.26 Å². The zero-order chi connectivity index (χ0) is 18.4. The number of benzene rings is 1. The summed E-state index contributed by atoms with van der Waals surface area (Å²) >= 11 is 1.60. The SMILES string of the molecule is CC(C)Cc1ccc(-c2nnc(C/C=C\C=C3CCCC3)s2)cc1C#N. The molecule has 0 aliphatic heterocycles. The Morgan fingerprint density at radius 2 is 2.04 bits per heavy atom. The van der Waals surface area contributed by atoms with Crippen LogP contribution in [-0.2, 0) is 12.8 Å². The second kappa shape index (κ2) is 8.91. The molecule has 4 heteroatoms. The molecule has 3 nitrogen and oxygen atoms in total. The van der Waals surface area contributed by atoms with E-state index in [-0.39, 0.29) is 0 Å². The second-order valence-corrected chi connectivity index (χ2v) is 8.31. The van der Waals surface area contributed by atoms with Gasteiger partial charge in [0, 0.05) is 12.0 Å². The van der Waals surface area contributed by atoms with Gasteiger partial charge in [0.05, 0.1) is 11.6 Å². The highest BCUT2D eigenvalue weighted by molar-refractivity contribution is 7.14. The van der Waals surface area contributed by atoms with E-state index >= 15 is 0 Å². The fraction of sp³-hybridized carbons (Fsp3) is 0.409. The molecule has 1 heterocycles. The van der Waals surface area contributed by atoms with Gasteiger partial charge in [-0.15, -0.1) is 10.2 Å². The minimum absolute atomic E-state index is 0.534. The van der Waals surface area contributed by atoms with Crippen LogP contribution < -0.4 is 0 Å². The van der Waals surface area contributed by atoms with Gasteiger partial charge in [-0.05, 0) is 49.7 Å². The summed E-state index contributed by atoms with van der Waals surface area (Å²) < 4.78 is 0. The molecule has 2 aromatic rings. The first-order valence-electron chi connectivity index (χ1n) is 9.36. The van der Waals surface area contributed by atoms with E-state index in [2.05, 4.69) is 60.5 Å². The lowest BCUT2D eigenvalue weighted by molar-refractivity contribution is 0.646. The number of hydrogen-bond donors (Lipinski definition) is 0. The lowest BCUT2D eigenvalue weighted by atomic mass is 9.97. The van der Waals surface area contributed by atoms with Crippen molar-refractivity contribution in [1.82, 2.24) is 10.2 Å². The first kappa shape index (κ1) is 18.5. The van der Waals surface area contributed by atoms with Crippen LogP contribution in [0.3, 0.4) is 0 Å². The lowest BCUT2D eigenvalue weighted by Crippen LogP contribution is -1.97. The van der Waals surface area contributed by atoms with Gasteiger partial charge in [0.1, 0.15) is 10.0 Å². The average molecular weight is 364 g/mol. The Bertz CT molecular complexity index is 845. The molecule has 1 aliphatic carbocycles. The molecule has 1 aromatic carbocycles. The van der Waals surface area contributed by atoms with Crippen LogP contribution in [0.4, 0.5) is 0 Å². The molecule has 0 atom stereocenters. The summed E-state index contributed by atoms with van der Waals surface area (Å²) in [5, 5.41) is 20.0. The highest BCUT2D eigenvalue weighted by atomic mass is 32.1. The summed E-state index contributed by atoms with van der Waals surface area (Å²) in [6, 6.07) is 8.39. The Morgan fingerprint density at radius 1 is 1.23 bits per heavy atom. The quantitative estimate of drug-likeness (QED) is 0.644. The van der Waals surface area contributed by atoms with Crippen LogP contribution in [0.25, 0.3) is 10.6 Å². The molecule has 0 spiro atoms. The molecule has 0 unspecified atom stereocenters. The number of nitriles is 1. The summed E-state index contributed by atoms with van der Waals surface area (Å²) in [7, 11) is 0. The second-order valence-electron chi connectivity index (χ2n) is 7.25. The monoisotopic (exact) mass is 363 g/mol. The third kappa shape index (κ3) is 4.89. The van der Waals surface area contributed by atoms with Crippen LogP contribution in [0.5, 0.6) is 0 Å². The minimum atomic E-state index is 0.534. The summed E-state index contributed by atoms with van der Waals surface area (Å²) in [5.41, 5.74) is 4.40. The Labute approximate surface area is 160 Å². The van der Waals surface area contributed by atoms with Gasteiger partial charge in [-0.3, -0.25) is 0 Å². The van der Waals surface area contributed by atoms with Crippen LogP contribution >= 0.6 is 11.3 Å². The molecule has 0 amide bonds. The van der Waals surface area contributed by atoms with Crippen molar-refractivity contribution in [3.63, 3.8) is 0 Å². The average Bonchev–Trinajstić information content (AvgIpc) is 3.30. The van der Waals surface area contributed by atoms with Gasteiger partial charge in [0.15, 0.2) is 0 Å². The maximum atomic E-state index is 9.44. The van der Waals surface area contributed by atoms with Crippen molar-refractivity contribution >= 4 is 11.3 Å². The number of aromatic nitrogens is 2. The predicted molar refractivity (Wildman–Crippen MR) is 108 cm³/mol. The van der Waals surface area contributed by atoms with Gasteiger partial charge in [-0.2, -0.15) is 5.26 Å². The van der Waals surface area contributed by atoms with Crippen molar-refractivity contribution in [2.45, 2.75) is 52.4 Å². The molecule has 0 N–H and O–H groups in total. The summed E-state index contributed by atoms with van der Waals surface area (Å²) in [5.74, 6) is 0.534. The Kier molecular flexibility index (Phi) is 6.35. The van der Waals surface area contributed by atoms with Crippen LogP contribution in [0, 0.1) is 17.2 Å². The van der Waals surface area contributed by atoms with Crippen LogP contribution in [0.2, 0.25) is 0 Å². The zero-order valence-electron chi connectivity index (χ0n) is 15.5. The fourth-order valence-electron chi connectivity index (χ4n) is 3.25. The number of hydrogen-bond acceptors (Lipinski definition) is 4. The van der Waals surface area contributed by atoms with Crippen molar-refractivity contribution in [3.8, 4) is 16.6 Å². The Hall–Kier alpha value is -2.25. The molecule has 0 bridgehead atoms. The standard InChI is InChI=1S/C22H25N3S/c1-16(2)13-18-11-12-19(14-20(18)15-23)22-25-24-21(26-22)10-6-5-9-17-7-3-4-8-17/h5-6,9,11-12,14,16H,3-4,7-8,10,13H2,1-2H3/b6-5-. The molecule has 0 radical (unpaired) electrons. The normalized spacial score (nSPS) is 14.3.